The van der Waals surface area contributed by atoms with Crippen LogP contribution < -0.4 is 24.6 Å². The van der Waals surface area contributed by atoms with E-state index in [9.17, 15) is 22.0 Å². The van der Waals surface area contributed by atoms with Crippen LogP contribution in [0.3, 0.4) is 0 Å². The summed E-state index contributed by atoms with van der Waals surface area (Å²) >= 11 is 0. The first-order valence-corrected chi connectivity index (χ1v) is 16.8. The lowest BCUT2D eigenvalue weighted by atomic mass is 10.0. The van der Waals surface area contributed by atoms with E-state index in [0.717, 1.165) is 12.1 Å². The zero-order valence-electron chi connectivity index (χ0n) is 25.3. The van der Waals surface area contributed by atoms with Gasteiger partial charge in [-0.1, -0.05) is 18.2 Å². The Hall–Kier alpha value is -4.82. The van der Waals surface area contributed by atoms with Gasteiger partial charge in [-0.15, -0.1) is 0 Å². The van der Waals surface area contributed by atoms with Crippen LogP contribution in [0.15, 0.2) is 83.9 Å². The number of carbonyl (C=O) groups is 1. The number of fused-ring (bicyclic) bond motifs is 1. The summed E-state index contributed by atoms with van der Waals surface area (Å²) in [5.41, 5.74) is 1.70. The van der Waals surface area contributed by atoms with Crippen molar-refractivity contribution in [2.24, 2.45) is 0 Å². The number of hydrogen-bond donors (Lipinski definition) is 1. The van der Waals surface area contributed by atoms with Crippen molar-refractivity contribution in [2.45, 2.75) is 29.8 Å². The fourth-order valence-corrected chi connectivity index (χ4v) is 7.88. The number of sulfonamides is 1. The van der Waals surface area contributed by atoms with Gasteiger partial charge in [-0.2, -0.15) is 4.31 Å². The predicted molar refractivity (Wildman–Crippen MR) is 169 cm³/mol. The molecule has 1 unspecified atom stereocenters. The monoisotopic (exact) mass is 662 g/mol. The number of ether oxygens (including phenoxy) is 2. The Balaban J connectivity index is 1.15. The van der Waals surface area contributed by atoms with E-state index in [1.54, 1.807) is 42.6 Å². The number of para-hydroxylation sites is 1. The summed E-state index contributed by atoms with van der Waals surface area (Å²) in [6.07, 6.45) is 2.43. The van der Waals surface area contributed by atoms with Crippen molar-refractivity contribution in [1.82, 2.24) is 19.6 Å². The molecule has 4 heterocycles. The quantitative estimate of drug-likeness (QED) is 0.300. The van der Waals surface area contributed by atoms with Crippen LogP contribution in [0.1, 0.15) is 30.1 Å². The Morgan fingerprint density at radius 3 is 2.43 bits per heavy atom. The third-order valence-corrected chi connectivity index (χ3v) is 10.6. The van der Waals surface area contributed by atoms with E-state index in [-0.39, 0.29) is 24.1 Å². The Labute approximate surface area is 270 Å². The number of carbonyl (C=O) groups excluding carboxylic acids is 1. The molecule has 47 heavy (non-hydrogen) atoms. The Morgan fingerprint density at radius 2 is 1.64 bits per heavy atom. The molecular formula is C33H32F2N6O5S. The molecule has 2 atom stereocenters. The molecule has 14 heteroatoms. The summed E-state index contributed by atoms with van der Waals surface area (Å²) in [7, 11) is -4.06. The number of halogens is 2. The van der Waals surface area contributed by atoms with Gasteiger partial charge in [0, 0.05) is 38.9 Å². The molecule has 1 amide bonds. The van der Waals surface area contributed by atoms with Gasteiger partial charge in [0.2, 0.25) is 28.7 Å². The minimum atomic E-state index is -4.06. The Kier molecular flexibility index (Phi) is 8.37. The zero-order valence-corrected chi connectivity index (χ0v) is 26.1. The zero-order chi connectivity index (χ0) is 32.5. The summed E-state index contributed by atoms with van der Waals surface area (Å²) in [6, 6.07) is 16.5. The number of benzene rings is 3. The molecule has 0 spiro atoms. The number of aromatic nitrogens is 2. The lowest BCUT2D eigenvalue weighted by Crippen LogP contribution is -2.48. The molecule has 0 bridgehead atoms. The number of rotatable bonds is 8. The number of nitrogens with zero attached hydrogens (tertiary/aromatic N) is 5. The molecule has 3 aliphatic rings. The van der Waals surface area contributed by atoms with Crippen LogP contribution in [0.2, 0.25) is 0 Å². The standard InChI is InChI=1S/C33H32F2N6O5S/c34-23-8-10-24(11-9-23)47(43,44)41-15-3-6-28(41)32(42)38-31(22-7-12-29-30(20-22)46-21-45-29)26-13-14-36-33(37-26)40-18-16-39(17-19-40)27-5-2-1-4-25(27)35/h1-2,4-5,7-14,20,28,31H,3,6,15-19,21H2,(H,38,42)/t28-,31?/m0/s1. The maximum absolute atomic E-state index is 14.4. The van der Waals surface area contributed by atoms with Gasteiger partial charge in [-0.25, -0.2) is 27.2 Å². The maximum Gasteiger partial charge on any atom is 0.243 e. The highest BCUT2D eigenvalue weighted by Gasteiger charge is 2.40. The molecular weight excluding hydrogens is 630 g/mol. The highest BCUT2D eigenvalue weighted by atomic mass is 32.2. The van der Waals surface area contributed by atoms with E-state index in [2.05, 4.69) is 10.3 Å². The minimum absolute atomic E-state index is 0.0740. The van der Waals surface area contributed by atoms with Crippen molar-refractivity contribution >= 4 is 27.6 Å². The van der Waals surface area contributed by atoms with Gasteiger partial charge in [0.25, 0.3) is 0 Å². The maximum atomic E-state index is 14.4. The molecule has 7 rings (SSSR count). The van der Waals surface area contributed by atoms with Crippen LogP contribution in [-0.2, 0) is 14.8 Å². The molecule has 11 nitrogen and oxygen atoms in total. The summed E-state index contributed by atoms with van der Waals surface area (Å²) in [5.74, 6) is 0.228. The fourth-order valence-electron chi connectivity index (χ4n) is 6.22. The summed E-state index contributed by atoms with van der Waals surface area (Å²) in [4.78, 5) is 27.2. The van der Waals surface area contributed by atoms with Crippen LogP contribution in [0.25, 0.3) is 0 Å². The molecule has 0 saturated carbocycles. The Morgan fingerprint density at radius 1 is 0.894 bits per heavy atom. The molecule has 0 aliphatic carbocycles. The van der Waals surface area contributed by atoms with Gasteiger partial charge >= 0.3 is 0 Å². The molecule has 2 saturated heterocycles. The van der Waals surface area contributed by atoms with Crippen LogP contribution >= 0.6 is 0 Å². The second-order valence-corrected chi connectivity index (χ2v) is 13.4. The van der Waals surface area contributed by atoms with Crippen LogP contribution in [-0.4, -0.2) is 74.2 Å². The second kappa shape index (κ2) is 12.8. The minimum Gasteiger partial charge on any atom is -0.454 e. The van der Waals surface area contributed by atoms with Gasteiger partial charge in [0.1, 0.15) is 17.7 Å². The molecule has 4 aromatic rings. The summed E-state index contributed by atoms with van der Waals surface area (Å²) < 4.78 is 67.2. The van der Waals surface area contributed by atoms with Crippen molar-refractivity contribution in [1.29, 1.82) is 0 Å². The molecule has 0 radical (unpaired) electrons. The van der Waals surface area contributed by atoms with Gasteiger partial charge < -0.3 is 24.6 Å². The first-order chi connectivity index (χ1) is 22.8. The average Bonchev–Trinajstić information content (AvgIpc) is 3.78. The van der Waals surface area contributed by atoms with E-state index in [4.69, 9.17) is 14.5 Å². The topological polar surface area (TPSA) is 117 Å². The van der Waals surface area contributed by atoms with Crippen molar-refractivity contribution < 1.29 is 31.5 Å². The normalized spacial score (nSPS) is 18.7. The van der Waals surface area contributed by atoms with Crippen molar-refractivity contribution in [3.05, 3.63) is 102 Å². The number of piperazine rings is 1. The lowest BCUT2D eigenvalue weighted by Gasteiger charge is -2.36. The van der Waals surface area contributed by atoms with Crippen molar-refractivity contribution in [3.63, 3.8) is 0 Å². The number of anilines is 2. The molecule has 3 aliphatic heterocycles. The SMILES string of the molecule is O=C(NC(c1ccc2c(c1)OCO2)c1ccnc(N2CCN(c3ccccc3F)CC2)n1)[C@@H]1CCCN1S(=O)(=O)c1ccc(F)cc1. The highest BCUT2D eigenvalue weighted by molar-refractivity contribution is 7.89. The predicted octanol–water partition coefficient (Wildman–Crippen LogP) is 3.87. The van der Waals surface area contributed by atoms with Gasteiger partial charge in [-0.05, 0) is 73.0 Å². The molecule has 3 aromatic carbocycles. The molecule has 1 aromatic heterocycles. The summed E-state index contributed by atoms with van der Waals surface area (Å²) in [6.45, 7) is 2.47. The van der Waals surface area contributed by atoms with Crippen molar-refractivity contribution in [2.75, 3.05) is 49.3 Å². The highest BCUT2D eigenvalue weighted by Crippen LogP contribution is 2.36. The van der Waals surface area contributed by atoms with E-state index in [1.807, 2.05) is 15.9 Å². The average molecular weight is 663 g/mol. The number of hydrogen-bond acceptors (Lipinski definition) is 9. The first kappa shape index (κ1) is 30.8. The van der Waals surface area contributed by atoms with Crippen LogP contribution in [0.5, 0.6) is 11.5 Å². The number of nitrogens with one attached hydrogen (secondary N) is 1. The van der Waals surface area contributed by atoms with Gasteiger partial charge in [-0.3, -0.25) is 4.79 Å². The van der Waals surface area contributed by atoms with Crippen LogP contribution in [0, 0.1) is 11.6 Å². The second-order valence-electron chi connectivity index (χ2n) is 11.5. The van der Waals surface area contributed by atoms with Gasteiger partial charge in [0.15, 0.2) is 11.5 Å². The fraction of sp³-hybridized carbons (Fsp3) is 0.303. The Bertz CT molecular complexity index is 1890. The van der Waals surface area contributed by atoms with E-state index < -0.39 is 33.8 Å². The van der Waals surface area contributed by atoms with E-state index in [0.29, 0.717) is 73.4 Å². The largest absolute Gasteiger partial charge is 0.454 e. The smallest absolute Gasteiger partial charge is 0.243 e. The molecule has 1 N–H and O–H groups in total. The third-order valence-electron chi connectivity index (χ3n) is 8.66. The van der Waals surface area contributed by atoms with E-state index in [1.165, 1.54) is 22.5 Å². The number of amides is 1. The lowest BCUT2D eigenvalue weighted by molar-refractivity contribution is -0.124. The molecule has 244 valence electrons. The molecule has 2 fully saturated rings. The third kappa shape index (κ3) is 6.17. The van der Waals surface area contributed by atoms with Crippen molar-refractivity contribution in [3.8, 4) is 11.5 Å². The first-order valence-electron chi connectivity index (χ1n) is 15.3. The summed E-state index contributed by atoms with van der Waals surface area (Å²) in [5, 5.41) is 3.05. The van der Waals surface area contributed by atoms with Gasteiger partial charge in [0.05, 0.1) is 22.3 Å². The van der Waals surface area contributed by atoms with Crippen LogP contribution in [0.4, 0.5) is 20.4 Å². The van der Waals surface area contributed by atoms with E-state index >= 15 is 0 Å².